The summed E-state index contributed by atoms with van der Waals surface area (Å²) in [5, 5.41) is 23.0. The summed E-state index contributed by atoms with van der Waals surface area (Å²) in [5.74, 6) is -0.507. The van der Waals surface area contributed by atoms with Crippen molar-refractivity contribution in [3.63, 3.8) is 0 Å². The molecule has 0 radical (unpaired) electrons. The van der Waals surface area contributed by atoms with Crippen LogP contribution in [0.2, 0.25) is 0 Å². The van der Waals surface area contributed by atoms with E-state index < -0.39 is 46.9 Å². The number of aromatic nitrogens is 3. The van der Waals surface area contributed by atoms with Crippen LogP contribution in [0.1, 0.15) is 113 Å². The zero-order valence-corrected chi connectivity index (χ0v) is 43.0. The molecule has 0 bridgehead atoms. The predicted octanol–water partition coefficient (Wildman–Crippen LogP) is 9.75. The van der Waals surface area contributed by atoms with E-state index in [1.54, 1.807) is 66.7 Å². The Morgan fingerprint density at radius 1 is 0.972 bits per heavy atom. The Bertz CT molecular complexity index is 2750. The van der Waals surface area contributed by atoms with Gasteiger partial charge in [-0.3, -0.25) is 19.3 Å². The average molecular weight is 1030 g/mol. The van der Waals surface area contributed by atoms with E-state index in [2.05, 4.69) is 15.3 Å². The topological polar surface area (TPSA) is 166 Å². The minimum atomic E-state index is -4.79. The SMILES string of the molecule is Cc1ncsc1-c1ccc(C(C)NC(=O)C2CC(O)CN2C(=O)C(C(C)C)n2cnc(CCCCOCCCCCOc3ccc(N4C(=S)N(c5ccc(C#N)c(C(F)(F)F)c5)C(=O)C4(C)C)cc3)c2)cc1. The highest BCUT2D eigenvalue weighted by molar-refractivity contribution is 7.81. The van der Waals surface area contributed by atoms with E-state index in [4.69, 9.17) is 21.7 Å². The summed E-state index contributed by atoms with van der Waals surface area (Å²) in [4.78, 5) is 55.7. The van der Waals surface area contributed by atoms with E-state index >= 15 is 0 Å². The molecule has 0 spiro atoms. The lowest BCUT2D eigenvalue weighted by atomic mass is 10.0. The number of thiocarbonyl (C=S) groups is 1. The Kier molecular flexibility index (Phi) is 17.2. The smallest absolute Gasteiger partial charge is 0.417 e. The number of unbranched alkanes of at least 4 members (excludes halogenated alkanes) is 3. The van der Waals surface area contributed by atoms with Crippen LogP contribution in [0.5, 0.6) is 5.75 Å². The van der Waals surface area contributed by atoms with E-state index in [0.29, 0.717) is 37.7 Å². The molecule has 2 N–H and O–H groups in total. The van der Waals surface area contributed by atoms with Gasteiger partial charge in [0.05, 0.1) is 69.7 Å². The number of carbonyl (C=O) groups is 3. The standard InChI is InChI=1S/C53H61F3N8O6S2/c1-33(2)46(49(67)62-30-42(65)27-45(62)48(66)60-34(3)36-13-15-37(16-14-36)47-35(4)59-32-72-47)61-29-39(58-31-61)12-8-11-24-69-23-9-7-10-25-70-43-21-19-40(20-22-43)64-51(71)63(50(68)52(64,5)6)41-18-17-38(28-57)44(26-41)53(54,55)56/h13-22,26,29,31-34,42,45-46,65H,7-12,23-25,27,30H2,1-6H3,(H,60,66). The molecule has 2 saturated heterocycles. The van der Waals surface area contributed by atoms with Crippen molar-refractivity contribution in [3.05, 3.63) is 113 Å². The highest BCUT2D eigenvalue weighted by atomic mass is 32.1. The number of imidazole rings is 1. The van der Waals surface area contributed by atoms with Crippen LogP contribution >= 0.6 is 23.6 Å². The van der Waals surface area contributed by atoms with Gasteiger partial charge in [-0.15, -0.1) is 11.3 Å². The lowest BCUT2D eigenvalue weighted by molar-refractivity contribution is -0.142. The van der Waals surface area contributed by atoms with Crippen molar-refractivity contribution in [2.24, 2.45) is 5.92 Å². The Morgan fingerprint density at radius 2 is 1.65 bits per heavy atom. The summed E-state index contributed by atoms with van der Waals surface area (Å²) in [6, 6.07) is 18.0. The van der Waals surface area contributed by atoms with Gasteiger partial charge in [-0.1, -0.05) is 38.1 Å². The van der Waals surface area contributed by atoms with Crippen molar-refractivity contribution in [2.45, 2.75) is 122 Å². The normalized spacial score (nSPS) is 17.7. The number of hydrogen-bond donors (Lipinski definition) is 2. The molecule has 19 heteroatoms. The monoisotopic (exact) mass is 1030 g/mol. The second-order valence-corrected chi connectivity index (χ2v) is 20.4. The molecule has 0 aliphatic carbocycles. The van der Waals surface area contributed by atoms with Crippen LogP contribution in [0, 0.1) is 24.2 Å². The Morgan fingerprint density at radius 3 is 2.31 bits per heavy atom. The van der Waals surface area contributed by atoms with E-state index in [-0.39, 0.29) is 47.5 Å². The second-order valence-electron chi connectivity index (χ2n) is 19.1. The largest absolute Gasteiger partial charge is 0.494 e. The maximum Gasteiger partial charge on any atom is 0.417 e. The number of benzene rings is 3. The van der Waals surface area contributed by atoms with Gasteiger partial charge in [-0.05, 0) is 138 Å². The van der Waals surface area contributed by atoms with Gasteiger partial charge in [0.15, 0.2) is 5.11 Å². The van der Waals surface area contributed by atoms with Crippen molar-refractivity contribution < 1.29 is 42.1 Å². The number of halogens is 3. The van der Waals surface area contributed by atoms with Crippen LogP contribution in [0.15, 0.2) is 84.8 Å². The maximum atomic E-state index is 14.2. The number of aliphatic hydroxyl groups is 1. The predicted molar refractivity (Wildman–Crippen MR) is 273 cm³/mol. The van der Waals surface area contributed by atoms with Crippen LogP contribution in [0.3, 0.4) is 0 Å². The van der Waals surface area contributed by atoms with Gasteiger partial charge in [0.1, 0.15) is 23.4 Å². The summed E-state index contributed by atoms with van der Waals surface area (Å²) in [7, 11) is 0. The van der Waals surface area contributed by atoms with Gasteiger partial charge >= 0.3 is 6.18 Å². The highest BCUT2D eigenvalue weighted by Crippen LogP contribution is 2.40. The molecular weight excluding hydrogens is 966 g/mol. The van der Waals surface area contributed by atoms with Crippen molar-refractivity contribution in [2.75, 3.05) is 36.2 Å². The van der Waals surface area contributed by atoms with Gasteiger partial charge in [0.2, 0.25) is 11.8 Å². The number of thiazole rings is 1. The Hall–Kier alpha value is -6.20. The summed E-state index contributed by atoms with van der Waals surface area (Å²) in [6.45, 7) is 12.9. The fraction of sp³-hybridized carbons (Fsp3) is 0.453. The van der Waals surface area contributed by atoms with Crippen molar-refractivity contribution in [1.82, 2.24) is 24.8 Å². The molecule has 382 valence electrons. The third kappa shape index (κ3) is 12.2. The minimum Gasteiger partial charge on any atom is -0.494 e. The van der Waals surface area contributed by atoms with Crippen molar-refractivity contribution in [1.29, 1.82) is 5.26 Å². The molecule has 7 rings (SSSR count). The number of likely N-dealkylation sites (tertiary alicyclic amines) is 1. The van der Waals surface area contributed by atoms with Gasteiger partial charge in [-0.2, -0.15) is 18.4 Å². The number of rotatable bonds is 21. The maximum absolute atomic E-state index is 14.2. The first-order valence-corrected chi connectivity index (χ1v) is 25.5. The molecule has 5 aromatic rings. The van der Waals surface area contributed by atoms with Gasteiger partial charge in [0, 0.05) is 38.1 Å². The Balaban J connectivity index is 0.796. The zero-order valence-electron chi connectivity index (χ0n) is 41.3. The molecule has 3 aromatic carbocycles. The molecule has 4 atom stereocenters. The number of carbonyl (C=O) groups excluding carboxylic acids is 3. The molecular formula is C53H61F3N8O6S2. The van der Waals surface area contributed by atoms with Gasteiger partial charge in [-0.25, -0.2) is 9.97 Å². The van der Waals surface area contributed by atoms with E-state index in [1.807, 2.05) is 68.2 Å². The number of nitriles is 1. The van der Waals surface area contributed by atoms with Gasteiger partial charge < -0.3 is 34.3 Å². The fourth-order valence-electron chi connectivity index (χ4n) is 9.22. The van der Waals surface area contributed by atoms with E-state index in [9.17, 15) is 37.9 Å². The molecule has 2 aliphatic heterocycles. The number of aryl methyl sites for hydroxylation is 2. The average Bonchev–Trinajstić information content (AvgIpc) is 4.13. The van der Waals surface area contributed by atoms with Crippen LogP contribution in [-0.2, 0) is 31.7 Å². The van der Waals surface area contributed by atoms with Crippen LogP contribution in [-0.4, -0.2) is 91.4 Å². The summed E-state index contributed by atoms with van der Waals surface area (Å²) in [5.41, 5.74) is 3.27. The lowest BCUT2D eigenvalue weighted by Gasteiger charge is -2.31. The second kappa shape index (κ2) is 23.1. The summed E-state index contributed by atoms with van der Waals surface area (Å²) >= 11 is 7.23. The molecule has 3 amide bonds. The molecule has 4 unspecified atom stereocenters. The Labute approximate surface area is 427 Å². The number of alkyl halides is 3. The first-order valence-electron chi connectivity index (χ1n) is 24.2. The quantitative estimate of drug-likeness (QED) is 0.0531. The van der Waals surface area contributed by atoms with Crippen molar-refractivity contribution in [3.8, 4) is 22.3 Å². The molecule has 72 heavy (non-hydrogen) atoms. The minimum absolute atomic E-state index is 0.0164. The zero-order chi connectivity index (χ0) is 51.9. The number of β-amino-alcohol motifs (C(OH)–C–C–N with tert-alkyl or cyclic N) is 1. The van der Waals surface area contributed by atoms with E-state index in [0.717, 1.165) is 76.5 Å². The van der Waals surface area contributed by atoms with Crippen LogP contribution in [0.25, 0.3) is 10.4 Å². The lowest BCUT2D eigenvalue weighted by Crippen LogP contribution is -2.49. The summed E-state index contributed by atoms with van der Waals surface area (Å²) in [6.07, 6.45) is 3.13. The molecule has 2 fully saturated rings. The third-order valence-corrected chi connectivity index (χ3v) is 14.5. The first kappa shape index (κ1) is 53.6. The van der Waals surface area contributed by atoms with Crippen LogP contribution < -0.4 is 19.9 Å². The number of amides is 3. The molecule has 2 aromatic heterocycles. The van der Waals surface area contributed by atoms with Crippen molar-refractivity contribution >= 4 is 57.8 Å². The fourth-order valence-corrected chi connectivity index (χ4v) is 10.6. The summed E-state index contributed by atoms with van der Waals surface area (Å²) < 4.78 is 54.8. The molecule has 0 saturated carbocycles. The molecule has 2 aliphatic rings. The number of aliphatic hydroxyl groups excluding tert-OH is 1. The number of ether oxygens (including phenoxy) is 2. The van der Waals surface area contributed by atoms with Gasteiger partial charge in [0.25, 0.3) is 5.91 Å². The number of nitrogens with one attached hydrogen (secondary N) is 1. The number of anilines is 2. The van der Waals surface area contributed by atoms with Crippen LogP contribution in [0.4, 0.5) is 24.5 Å². The number of hydrogen-bond acceptors (Lipinski definition) is 11. The third-order valence-electron chi connectivity index (χ3n) is 13.1. The highest BCUT2D eigenvalue weighted by Gasteiger charge is 2.51. The first-order chi connectivity index (χ1) is 34.3. The molecule has 14 nitrogen and oxygen atoms in total. The molecule has 4 heterocycles. The van der Waals surface area contributed by atoms with E-state index in [1.165, 1.54) is 11.0 Å². The number of nitrogens with zero attached hydrogens (tertiary/aromatic N) is 7.